The van der Waals surface area contributed by atoms with E-state index in [1.165, 1.54) is 45.6 Å². The second kappa shape index (κ2) is 7.85. The fraction of sp³-hybridized carbons (Fsp3) is 0.176. The smallest absolute Gasteiger partial charge is 0.340 e. The van der Waals surface area contributed by atoms with E-state index in [0.29, 0.717) is 0 Å². The van der Waals surface area contributed by atoms with Gasteiger partial charge in [0.25, 0.3) is 5.91 Å². The van der Waals surface area contributed by atoms with Crippen molar-refractivity contribution < 1.29 is 28.2 Å². The Hall–Kier alpha value is -2.80. The monoisotopic (exact) mass is 367 g/mol. The Kier molecular flexibility index (Phi) is 5.82. The molecule has 0 aliphatic rings. The first-order chi connectivity index (χ1) is 11.9. The van der Waals surface area contributed by atoms with Gasteiger partial charge in [0.1, 0.15) is 5.82 Å². The van der Waals surface area contributed by atoms with E-state index in [4.69, 9.17) is 25.8 Å². The summed E-state index contributed by atoms with van der Waals surface area (Å²) < 4.78 is 28.9. The number of ether oxygens (including phenoxy) is 3. The minimum absolute atomic E-state index is 0.0304. The molecule has 0 unspecified atom stereocenters. The summed E-state index contributed by atoms with van der Waals surface area (Å²) in [5.74, 6) is -1.69. The molecule has 2 aromatic rings. The van der Waals surface area contributed by atoms with Crippen molar-refractivity contribution in [3.8, 4) is 11.5 Å². The third kappa shape index (κ3) is 4.00. The minimum atomic E-state index is -0.787. The van der Waals surface area contributed by atoms with Crippen LogP contribution in [0.3, 0.4) is 0 Å². The van der Waals surface area contributed by atoms with E-state index in [1.807, 2.05) is 0 Å². The second-order valence-electron chi connectivity index (χ2n) is 4.82. The van der Waals surface area contributed by atoms with Crippen molar-refractivity contribution in [1.82, 2.24) is 0 Å². The normalized spacial score (nSPS) is 10.1. The number of methoxy groups -OCH3 is 3. The number of anilines is 1. The van der Waals surface area contributed by atoms with Gasteiger partial charge in [-0.15, -0.1) is 0 Å². The van der Waals surface area contributed by atoms with Crippen molar-refractivity contribution in [2.45, 2.75) is 0 Å². The van der Waals surface area contributed by atoms with E-state index in [9.17, 15) is 14.0 Å². The Morgan fingerprint density at radius 3 is 2.20 bits per heavy atom. The largest absolute Gasteiger partial charge is 0.493 e. The van der Waals surface area contributed by atoms with Crippen LogP contribution in [0.15, 0.2) is 30.3 Å². The summed E-state index contributed by atoms with van der Waals surface area (Å²) in [6.07, 6.45) is 0. The predicted molar refractivity (Wildman–Crippen MR) is 90.2 cm³/mol. The maximum absolute atomic E-state index is 13.9. The summed E-state index contributed by atoms with van der Waals surface area (Å²) in [5.41, 5.74) is -0.110. The van der Waals surface area contributed by atoms with Crippen LogP contribution in [0.25, 0.3) is 0 Å². The van der Waals surface area contributed by atoms with E-state index in [1.54, 1.807) is 0 Å². The molecule has 0 bridgehead atoms. The summed E-state index contributed by atoms with van der Waals surface area (Å²) >= 11 is 5.68. The van der Waals surface area contributed by atoms with Crippen LogP contribution in [-0.2, 0) is 4.74 Å². The van der Waals surface area contributed by atoms with Crippen LogP contribution in [-0.4, -0.2) is 33.2 Å². The highest BCUT2D eigenvalue weighted by Crippen LogP contribution is 2.34. The quantitative estimate of drug-likeness (QED) is 0.818. The van der Waals surface area contributed by atoms with Gasteiger partial charge in [-0.25, -0.2) is 9.18 Å². The van der Waals surface area contributed by atoms with E-state index in [2.05, 4.69) is 5.32 Å². The van der Waals surface area contributed by atoms with Gasteiger partial charge in [-0.2, -0.15) is 0 Å². The molecule has 0 fully saturated rings. The molecule has 6 nitrogen and oxygen atoms in total. The molecule has 8 heteroatoms. The zero-order valence-electron chi connectivity index (χ0n) is 13.7. The average Bonchev–Trinajstić information content (AvgIpc) is 2.60. The zero-order valence-corrected chi connectivity index (χ0v) is 14.4. The van der Waals surface area contributed by atoms with Crippen molar-refractivity contribution >= 4 is 29.2 Å². The molecule has 2 rings (SSSR count). The van der Waals surface area contributed by atoms with Crippen LogP contribution < -0.4 is 14.8 Å². The fourth-order valence-corrected chi connectivity index (χ4v) is 2.28. The summed E-state index contributed by atoms with van der Waals surface area (Å²) in [7, 11) is 4.00. The van der Waals surface area contributed by atoms with Crippen molar-refractivity contribution in [1.29, 1.82) is 0 Å². The van der Waals surface area contributed by atoms with Crippen molar-refractivity contribution in [2.75, 3.05) is 26.6 Å². The number of carbonyl (C=O) groups excluding carboxylic acids is 2. The SMILES string of the molecule is COC(=O)c1cc(OC)c(OC)cc1NC(=O)c1ccc(Cl)cc1F. The van der Waals surface area contributed by atoms with Crippen LogP contribution in [0.2, 0.25) is 5.02 Å². The van der Waals surface area contributed by atoms with Gasteiger partial charge in [0.15, 0.2) is 11.5 Å². The molecule has 0 aromatic heterocycles. The molecule has 0 radical (unpaired) electrons. The molecular formula is C17H15ClFNO5. The summed E-state index contributed by atoms with van der Waals surface area (Å²) in [4.78, 5) is 24.3. The lowest BCUT2D eigenvalue weighted by Crippen LogP contribution is -2.17. The summed E-state index contributed by atoms with van der Waals surface area (Å²) in [6, 6.07) is 6.39. The van der Waals surface area contributed by atoms with Gasteiger partial charge in [-0.3, -0.25) is 4.79 Å². The lowest BCUT2D eigenvalue weighted by molar-refractivity contribution is 0.0601. The Balaban J connectivity index is 2.46. The predicted octanol–water partition coefficient (Wildman–Crippen LogP) is 3.54. The molecule has 1 N–H and O–H groups in total. The van der Waals surface area contributed by atoms with E-state index in [-0.39, 0.29) is 33.3 Å². The molecular weight excluding hydrogens is 353 g/mol. The lowest BCUT2D eigenvalue weighted by atomic mass is 10.1. The maximum Gasteiger partial charge on any atom is 0.340 e. The van der Waals surface area contributed by atoms with Crippen molar-refractivity contribution in [3.05, 3.63) is 52.3 Å². The highest BCUT2D eigenvalue weighted by atomic mass is 35.5. The Bertz CT molecular complexity index is 825. The zero-order chi connectivity index (χ0) is 18.6. The van der Waals surface area contributed by atoms with Gasteiger partial charge in [-0.05, 0) is 18.2 Å². The van der Waals surface area contributed by atoms with Gasteiger partial charge >= 0.3 is 5.97 Å². The van der Waals surface area contributed by atoms with E-state index >= 15 is 0 Å². The van der Waals surface area contributed by atoms with Gasteiger partial charge < -0.3 is 19.5 Å². The average molecular weight is 368 g/mol. The highest BCUT2D eigenvalue weighted by molar-refractivity contribution is 6.30. The Morgan fingerprint density at radius 1 is 1.00 bits per heavy atom. The number of carbonyl (C=O) groups is 2. The standard InChI is InChI=1S/C17H15ClFNO5/c1-23-14-7-11(17(22)25-3)13(8-15(14)24-2)20-16(21)10-5-4-9(18)6-12(10)19/h4-8H,1-3H3,(H,20,21). The van der Waals surface area contributed by atoms with Gasteiger partial charge in [-0.1, -0.05) is 11.6 Å². The molecule has 0 saturated carbocycles. The number of rotatable bonds is 5. The number of nitrogens with one attached hydrogen (secondary N) is 1. The third-order valence-corrected chi connectivity index (χ3v) is 3.59. The van der Waals surface area contributed by atoms with E-state index in [0.717, 1.165) is 6.07 Å². The van der Waals surface area contributed by atoms with Gasteiger partial charge in [0.05, 0.1) is 38.1 Å². The Labute approximate surface area is 148 Å². The summed E-state index contributed by atoms with van der Waals surface area (Å²) in [5, 5.41) is 2.63. The molecule has 2 aromatic carbocycles. The first kappa shape index (κ1) is 18.5. The van der Waals surface area contributed by atoms with Gasteiger partial charge in [0.2, 0.25) is 0 Å². The van der Waals surface area contributed by atoms with Gasteiger partial charge in [0, 0.05) is 17.2 Å². The van der Waals surface area contributed by atoms with Crippen molar-refractivity contribution in [3.63, 3.8) is 0 Å². The first-order valence-electron chi connectivity index (χ1n) is 7.02. The van der Waals surface area contributed by atoms with Crippen molar-refractivity contribution in [2.24, 2.45) is 0 Å². The molecule has 1 amide bonds. The van der Waals surface area contributed by atoms with Crippen LogP contribution in [0.4, 0.5) is 10.1 Å². The molecule has 0 saturated heterocycles. The molecule has 25 heavy (non-hydrogen) atoms. The number of esters is 1. The molecule has 132 valence electrons. The number of halogens is 2. The molecule has 0 atom stereocenters. The van der Waals surface area contributed by atoms with Crippen LogP contribution in [0.5, 0.6) is 11.5 Å². The van der Waals surface area contributed by atoms with Crippen LogP contribution in [0, 0.1) is 5.82 Å². The molecule has 0 aliphatic heterocycles. The van der Waals surface area contributed by atoms with Crippen LogP contribution >= 0.6 is 11.6 Å². The Morgan fingerprint density at radius 2 is 1.64 bits per heavy atom. The van der Waals surface area contributed by atoms with Crippen LogP contribution in [0.1, 0.15) is 20.7 Å². The first-order valence-corrected chi connectivity index (χ1v) is 7.39. The maximum atomic E-state index is 13.9. The number of benzene rings is 2. The fourth-order valence-electron chi connectivity index (χ4n) is 2.12. The molecule has 0 heterocycles. The van der Waals surface area contributed by atoms with E-state index < -0.39 is 17.7 Å². The lowest BCUT2D eigenvalue weighted by Gasteiger charge is -2.15. The molecule has 0 spiro atoms. The number of hydrogen-bond donors (Lipinski definition) is 1. The minimum Gasteiger partial charge on any atom is -0.493 e. The third-order valence-electron chi connectivity index (χ3n) is 3.35. The molecule has 0 aliphatic carbocycles. The topological polar surface area (TPSA) is 73.9 Å². The number of amides is 1. The number of hydrogen-bond acceptors (Lipinski definition) is 5. The highest BCUT2D eigenvalue weighted by Gasteiger charge is 2.20. The second-order valence-corrected chi connectivity index (χ2v) is 5.26. The summed E-state index contributed by atoms with van der Waals surface area (Å²) in [6.45, 7) is 0.